The Hall–Kier alpha value is -2.19. The number of halogens is 1. The number of aromatic hydroxyl groups is 1. The highest BCUT2D eigenvalue weighted by Gasteiger charge is 2.54. The van der Waals surface area contributed by atoms with Gasteiger partial charge in [0.2, 0.25) is 11.8 Å². The molecule has 3 rings (SSSR count). The summed E-state index contributed by atoms with van der Waals surface area (Å²) in [6, 6.07) is 4.79. The largest absolute Gasteiger partial charge is 0.508 e. The Kier molecular flexibility index (Phi) is 9.53. The van der Waals surface area contributed by atoms with Crippen molar-refractivity contribution in [3.63, 3.8) is 0 Å². The maximum absolute atomic E-state index is 13.1. The normalized spacial score (nSPS) is 23.8. The number of rotatable bonds is 11. The van der Waals surface area contributed by atoms with E-state index in [1.54, 1.807) is 12.1 Å². The highest BCUT2D eigenvalue weighted by Crippen LogP contribution is 2.46. The van der Waals surface area contributed by atoms with Gasteiger partial charge in [0.05, 0.1) is 36.2 Å². The molecule has 1 aromatic rings. The number of imide groups is 1. The number of carbonyl (C=O) groups excluding carboxylic acids is 2. The summed E-state index contributed by atoms with van der Waals surface area (Å²) in [6.07, 6.45) is 4.45. The predicted octanol–water partition coefficient (Wildman–Crippen LogP) is 3.68. The third kappa shape index (κ3) is 5.80. The van der Waals surface area contributed by atoms with Crippen molar-refractivity contribution in [3.8, 4) is 5.75 Å². The molecule has 4 atom stereocenters. The first-order valence-corrected chi connectivity index (χ1v) is 12.8. The Bertz CT molecular complexity index is 1000. The molecule has 192 valence electrons. The van der Waals surface area contributed by atoms with E-state index < -0.39 is 23.9 Å². The van der Waals surface area contributed by atoms with Crippen LogP contribution in [0.5, 0.6) is 5.75 Å². The van der Waals surface area contributed by atoms with Crippen LogP contribution in [-0.2, 0) is 9.59 Å². The number of allylic oxidation sites excluding steroid dienone is 1. The minimum Gasteiger partial charge on any atom is -0.508 e. The van der Waals surface area contributed by atoms with Crippen molar-refractivity contribution in [3.05, 3.63) is 45.5 Å². The van der Waals surface area contributed by atoms with Gasteiger partial charge in [-0.3, -0.25) is 14.5 Å². The number of carbonyl (C=O) groups is 2. The molecule has 1 aliphatic carbocycles. The van der Waals surface area contributed by atoms with Crippen LogP contribution in [-0.4, -0.2) is 63.0 Å². The molecule has 4 N–H and O–H groups in total. The van der Waals surface area contributed by atoms with Crippen LogP contribution in [0.1, 0.15) is 57.9 Å². The molecule has 7 nitrogen and oxygen atoms in total. The van der Waals surface area contributed by atoms with E-state index in [1.165, 1.54) is 11.0 Å². The van der Waals surface area contributed by atoms with E-state index in [9.17, 15) is 30.0 Å². The lowest BCUT2D eigenvalue weighted by molar-refractivity contribution is -0.140. The van der Waals surface area contributed by atoms with Crippen molar-refractivity contribution >= 4 is 29.5 Å². The lowest BCUT2D eigenvalue weighted by Crippen LogP contribution is -2.39. The smallest absolute Gasteiger partial charge is 0.233 e. The number of aliphatic hydroxyl groups is 3. The van der Waals surface area contributed by atoms with Gasteiger partial charge in [-0.15, -0.1) is 0 Å². The van der Waals surface area contributed by atoms with Gasteiger partial charge in [0, 0.05) is 12.5 Å². The third-order valence-electron chi connectivity index (χ3n) is 7.12. The van der Waals surface area contributed by atoms with Crippen LogP contribution in [0, 0.1) is 17.8 Å². The van der Waals surface area contributed by atoms with Gasteiger partial charge in [-0.05, 0) is 67.0 Å². The molecular weight excluding hydrogens is 470 g/mol. The summed E-state index contributed by atoms with van der Waals surface area (Å²) >= 11 is 6.26. The summed E-state index contributed by atoms with van der Waals surface area (Å²) in [5.41, 5.74) is 2.88. The number of benzene rings is 1. The zero-order valence-corrected chi connectivity index (χ0v) is 21.2. The van der Waals surface area contributed by atoms with Crippen LogP contribution in [0.4, 0.5) is 0 Å². The Labute approximate surface area is 211 Å². The molecular formula is C27H36ClNO6. The van der Waals surface area contributed by atoms with E-state index in [0.717, 1.165) is 24.0 Å². The van der Waals surface area contributed by atoms with Crippen LogP contribution in [0.15, 0.2) is 34.9 Å². The summed E-state index contributed by atoms with van der Waals surface area (Å²) in [5.74, 6) is -2.47. The molecule has 0 aromatic heterocycles. The maximum atomic E-state index is 13.1. The van der Waals surface area contributed by atoms with Crippen LogP contribution >= 0.6 is 11.6 Å². The summed E-state index contributed by atoms with van der Waals surface area (Å²) in [6.45, 7) is 3.58. The zero-order chi connectivity index (χ0) is 25.7. The molecule has 0 radical (unpaired) electrons. The Balaban J connectivity index is 1.84. The van der Waals surface area contributed by atoms with E-state index in [4.69, 9.17) is 11.6 Å². The van der Waals surface area contributed by atoms with E-state index in [0.29, 0.717) is 42.0 Å². The van der Waals surface area contributed by atoms with Crippen LogP contribution in [0.2, 0.25) is 5.02 Å². The van der Waals surface area contributed by atoms with Gasteiger partial charge in [0.1, 0.15) is 5.75 Å². The van der Waals surface area contributed by atoms with Gasteiger partial charge in [-0.2, -0.15) is 0 Å². The SMILES string of the molecule is CCC/C(=C\c1ccc(O)cc1Cl)CC[C@@H](O)C1=C(CO)C[C@H]2C(=O)N(CCC)C(=O)[C@H]2[C@H]1CO. The van der Waals surface area contributed by atoms with Gasteiger partial charge in [-0.25, -0.2) is 0 Å². The molecule has 8 heteroatoms. The molecule has 35 heavy (non-hydrogen) atoms. The van der Waals surface area contributed by atoms with Crippen molar-refractivity contribution < 1.29 is 30.0 Å². The molecule has 0 bridgehead atoms. The molecule has 0 saturated carbocycles. The summed E-state index contributed by atoms with van der Waals surface area (Å²) in [4.78, 5) is 27.2. The fourth-order valence-corrected chi connectivity index (χ4v) is 5.77. The first-order valence-electron chi connectivity index (χ1n) is 12.4. The number of likely N-dealkylation sites (tertiary alicyclic amines) is 1. The van der Waals surface area contributed by atoms with Crippen LogP contribution in [0.25, 0.3) is 6.08 Å². The molecule has 2 aliphatic rings. The average molecular weight is 506 g/mol. The minimum atomic E-state index is -0.964. The number of aliphatic hydroxyl groups excluding tert-OH is 3. The van der Waals surface area contributed by atoms with Crippen molar-refractivity contribution in [1.82, 2.24) is 4.90 Å². The van der Waals surface area contributed by atoms with Crippen LogP contribution in [0.3, 0.4) is 0 Å². The Morgan fingerprint density at radius 2 is 1.91 bits per heavy atom. The number of nitrogens with zero attached hydrogens (tertiary/aromatic N) is 1. The predicted molar refractivity (Wildman–Crippen MR) is 135 cm³/mol. The quantitative estimate of drug-likeness (QED) is 0.269. The number of fused-ring (bicyclic) bond motifs is 1. The standard InChI is InChI=1S/C27H36ClNO6/c1-3-5-16(11-17-7-8-19(32)13-22(17)28)6-9-23(33)24-18(14-30)12-20-25(21(24)15-31)27(35)29(10-4-2)26(20)34/h7-8,11,13,20-21,23,25,30-33H,3-6,9-10,12,14-15H2,1-2H3/b16-11+/t20-,21+,23-,25-/m1/s1. The molecule has 1 heterocycles. The van der Waals surface area contributed by atoms with Gasteiger partial charge in [-0.1, -0.05) is 43.5 Å². The molecule has 0 unspecified atom stereocenters. The second-order valence-electron chi connectivity index (χ2n) is 9.48. The maximum Gasteiger partial charge on any atom is 0.233 e. The highest BCUT2D eigenvalue weighted by atomic mass is 35.5. The minimum absolute atomic E-state index is 0.0891. The average Bonchev–Trinajstić information content (AvgIpc) is 3.07. The monoisotopic (exact) mass is 505 g/mol. The van der Waals surface area contributed by atoms with Gasteiger partial charge >= 0.3 is 0 Å². The molecule has 1 aliphatic heterocycles. The lowest BCUT2D eigenvalue weighted by Gasteiger charge is -2.36. The topological polar surface area (TPSA) is 118 Å². The third-order valence-corrected chi connectivity index (χ3v) is 7.45. The van der Waals surface area contributed by atoms with Crippen molar-refractivity contribution in [1.29, 1.82) is 0 Å². The van der Waals surface area contributed by atoms with E-state index in [-0.39, 0.29) is 37.2 Å². The molecule has 1 aromatic carbocycles. The van der Waals surface area contributed by atoms with E-state index >= 15 is 0 Å². The Morgan fingerprint density at radius 1 is 1.17 bits per heavy atom. The lowest BCUT2D eigenvalue weighted by atomic mass is 9.68. The van der Waals surface area contributed by atoms with Crippen LogP contribution < -0.4 is 0 Å². The van der Waals surface area contributed by atoms with Crippen molar-refractivity contribution in [2.24, 2.45) is 17.8 Å². The highest BCUT2D eigenvalue weighted by molar-refractivity contribution is 6.32. The van der Waals surface area contributed by atoms with Gasteiger partial charge < -0.3 is 20.4 Å². The number of hydrogen-bond donors (Lipinski definition) is 4. The molecule has 1 saturated heterocycles. The second-order valence-corrected chi connectivity index (χ2v) is 9.89. The number of phenols is 1. The summed E-state index contributed by atoms with van der Waals surface area (Å²) in [5, 5.41) is 41.6. The van der Waals surface area contributed by atoms with E-state index in [1.807, 2.05) is 13.0 Å². The first-order chi connectivity index (χ1) is 16.8. The van der Waals surface area contributed by atoms with Gasteiger partial charge in [0.25, 0.3) is 0 Å². The summed E-state index contributed by atoms with van der Waals surface area (Å²) in [7, 11) is 0. The number of hydrogen-bond acceptors (Lipinski definition) is 6. The fourth-order valence-electron chi connectivity index (χ4n) is 5.54. The second kappa shape index (κ2) is 12.2. The van der Waals surface area contributed by atoms with Gasteiger partial charge in [0.15, 0.2) is 0 Å². The fraction of sp³-hybridized carbons (Fsp3) is 0.556. The van der Waals surface area contributed by atoms with E-state index in [2.05, 4.69) is 6.92 Å². The number of amides is 2. The molecule has 1 fully saturated rings. The first kappa shape index (κ1) is 27.4. The summed E-state index contributed by atoms with van der Waals surface area (Å²) < 4.78 is 0. The Morgan fingerprint density at radius 3 is 2.51 bits per heavy atom. The molecule has 0 spiro atoms. The van der Waals surface area contributed by atoms with Crippen molar-refractivity contribution in [2.45, 2.75) is 58.5 Å². The number of phenolic OH excluding ortho intramolecular Hbond substituents is 1. The van der Waals surface area contributed by atoms with Crippen molar-refractivity contribution in [2.75, 3.05) is 19.8 Å². The molecule has 2 amide bonds. The zero-order valence-electron chi connectivity index (χ0n) is 20.4.